The smallest absolute Gasteiger partial charge is 0.251 e. The molecule has 1 amide bonds. The second-order valence-corrected chi connectivity index (χ2v) is 7.03. The lowest BCUT2D eigenvalue weighted by molar-refractivity contribution is 0.0953. The number of methoxy groups -OCH3 is 2. The van der Waals surface area contributed by atoms with E-state index in [1.807, 2.05) is 22.8 Å². The third-order valence-electron chi connectivity index (χ3n) is 5.08. The van der Waals surface area contributed by atoms with Gasteiger partial charge in [0.2, 0.25) is 0 Å². The molecule has 2 N–H and O–H groups in total. The summed E-state index contributed by atoms with van der Waals surface area (Å²) in [6.07, 6.45) is 4.37. The zero-order chi connectivity index (χ0) is 19.8. The van der Waals surface area contributed by atoms with Crippen LogP contribution in [0.5, 0.6) is 5.75 Å². The molecule has 1 aliphatic heterocycles. The molecule has 28 heavy (non-hydrogen) atoms. The van der Waals surface area contributed by atoms with E-state index in [1.165, 1.54) is 0 Å². The van der Waals surface area contributed by atoms with E-state index in [1.54, 1.807) is 20.5 Å². The Morgan fingerprint density at radius 1 is 1.39 bits per heavy atom. The van der Waals surface area contributed by atoms with Gasteiger partial charge in [0, 0.05) is 32.2 Å². The molecule has 3 rings (SSSR count). The van der Waals surface area contributed by atoms with Crippen molar-refractivity contribution < 1.29 is 14.3 Å². The highest BCUT2D eigenvalue weighted by molar-refractivity contribution is 5.94. The number of carbonyl (C=O) groups excluding carboxylic acids is 1. The quantitative estimate of drug-likeness (QED) is 0.634. The molecule has 0 bridgehead atoms. The van der Waals surface area contributed by atoms with Crippen molar-refractivity contribution in [1.29, 1.82) is 0 Å². The van der Waals surface area contributed by atoms with Gasteiger partial charge in [-0.05, 0) is 55.6 Å². The highest BCUT2D eigenvalue weighted by atomic mass is 16.5. The SMILES string of the molecule is COCCn1cnnc1CCNC(=O)c1ccc(OC)c(CC2CCNC2)c1. The number of nitrogens with one attached hydrogen (secondary N) is 2. The van der Waals surface area contributed by atoms with Gasteiger partial charge in [0.25, 0.3) is 5.91 Å². The minimum absolute atomic E-state index is 0.0867. The van der Waals surface area contributed by atoms with Crippen LogP contribution >= 0.6 is 0 Å². The van der Waals surface area contributed by atoms with Gasteiger partial charge in [0.1, 0.15) is 17.9 Å². The number of aromatic nitrogens is 3. The number of benzene rings is 1. The number of amides is 1. The van der Waals surface area contributed by atoms with Crippen molar-refractivity contribution in [2.45, 2.75) is 25.8 Å². The molecule has 0 aliphatic carbocycles. The predicted molar refractivity (Wildman–Crippen MR) is 106 cm³/mol. The van der Waals surface area contributed by atoms with Crippen LogP contribution in [0.2, 0.25) is 0 Å². The van der Waals surface area contributed by atoms with E-state index < -0.39 is 0 Å². The number of nitrogens with zero attached hydrogens (tertiary/aromatic N) is 3. The molecule has 1 fully saturated rings. The fourth-order valence-corrected chi connectivity index (χ4v) is 3.52. The fourth-order valence-electron chi connectivity index (χ4n) is 3.52. The third kappa shape index (κ3) is 5.30. The summed E-state index contributed by atoms with van der Waals surface area (Å²) in [7, 11) is 3.34. The first-order chi connectivity index (χ1) is 13.7. The minimum Gasteiger partial charge on any atom is -0.496 e. The minimum atomic E-state index is -0.0867. The van der Waals surface area contributed by atoms with Crippen LogP contribution in [0.4, 0.5) is 0 Å². The molecule has 2 heterocycles. The summed E-state index contributed by atoms with van der Waals surface area (Å²) in [4.78, 5) is 12.6. The molecule has 2 aromatic rings. The Kier molecular flexibility index (Phi) is 7.39. The summed E-state index contributed by atoms with van der Waals surface area (Å²) < 4.78 is 12.5. The van der Waals surface area contributed by atoms with E-state index in [0.29, 0.717) is 37.6 Å². The lowest BCUT2D eigenvalue weighted by Gasteiger charge is -2.14. The van der Waals surface area contributed by atoms with Crippen molar-refractivity contribution in [2.75, 3.05) is 40.5 Å². The van der Waals surface area contributed by atoms with Crippen molar-refractivity contribution in [3.63, 3.8) is 0 Å². The van der Waals surface area contributed by atoms with Crippen molar-refractivity contribution in [3.8, 4) is 5.75 Å². The Bertz CT molecular complexity index is 771. The van der Waals surface area contributed by atoms with Crippen LogP contribution in [-0.4, -0.2) is 61.1 Å². The van der Waals surface area contributed by atoms with Crippen LogP contribution in [0.15, 0.2) is 24.5 Å². The summed E-state index contributed by atoms with van der Waals surface area (Å²) in [5.41, 5.74) is 1.74. The Labute approximate surface area is 165 Å². The topological polar surface area (TPSA) is 90.3 Å². The lowest BCUT2D eigenvalue weighted by Crippen LogP contribution is -2.27. The molecule has 8 nitrogen and oxygen atoms in total. The monoisotopic (exact) mass is 387 g/mol. The summed E-state index contributed by atoms with van der Waals surface area (Å²) in [5, 5.41) is 14.4. The molecule has 8 heteroatoms. The summed E-state index contributed by atoms with van der Waals surface area (Å²) in [6, 6.07) is 5.65. The molecule has 0 saturated carbocycles. The third-order valence-corrected chi connectivity index (χ3v) is 5.08. The van der Waals surface area contributed by atoms with Crippen LogP contribution in [0.1, 0.15) is 28.2 Å². The maximum absolute atomic E-state index is 12.6. The van der Waals surface area contributed by atoms with E-state index in [2.05, 4.69) is 20.8 Å². The van der Waals surface area contributed by atoms with Gasteiger partial charge in [-0.3, -0.25) is 4.79 Å². The number of rotatable bonds is 10. The van der Waals surface area contributed by atoms with Gasteiger partial charge in [-0.2, -0.15) is 0 Å². The first-order valence-electron chi connectivity index (χ1n) is 9.72. The Balaban J connectivity index is 1.57. The van der Waals surface area contributed by atoms with Gasteiger partial charge < -0.3 is 24.7 Å². The number of hydrogen-bond acceptors (Lipinski definition) is 6. The zero-order valence-corrected chi connectivity index (χ0v) is 16.6. The van der Waals surface area contributed by atoms with Gasteiger partial charge >= 0.3 is 0 Å². The van der Waals surface area contributed by atoms with E-state index in [0.717, 1.165) is 43.1 Å². The normalized spacial score (nSPS) is 16.3. The molecule has 1 unspecified atom stereocenters. The van der Waals surface area contributed by atoms with Crippen molar-refractivity contribution in [2.24, 2.45) is 5.92 Å². The number of ether oxygens (including phenoxy) is 2. The maximum atomic E-state index is 12.6. The highest BCUT2D eigenvalue weighted by Gasteiger charge is 2.18. The zero-order valence-electron chi connectivity index (χ0n) is 16.6. The standard InChI is InChI=1S/C20H29N5O3/c1-27-10-9-25-14-23-24-19(25)6-8-22-20(26)16-3-4-18(28-2)17(12-16)11-15-5-7-21-13-15/h3-4,12,14-15,21H,5-11,13H2,1-2H3,(H,22,26). The number of hydrogen-bond donors (Lipinski definition) is 2. The molecule has 0 radical (unpaired) electrons. The Morgan fingerprint density at radius 2 is 2.29 bits per heavy atom. The Hall–Kier alpha value is -2.45. The van der Waals surface area contributed by atoms with Crippen LogP contribution in [-0.2, 0) is 24.1 Å². The van der Waals surface area contributed by atoms with Crippen molar-refractivity contribution in [1.82, 2.24) is 25.4 Å². The molecule has 1 aromatic carbocycles. The first-order valence-corrected chi connectivity index (χ1v) is 9.72. The molecule has 1 aromatic heterocycles. The van der Waals surface area contributed by atoms with E-state index in [9.17, 15) is 4.79 Å². The molecule has 152 valence electrons. The molecule has 1 atom stereocenters. The van der Waals surface area contributed by atoms with Gasteiger partial charge in [0.15, 0.2) is 0 Å². The second kappa shape index (κ2) is 10.2. The van der Waals surface area contributed by atoms with Crippen LogP contribution < -0.4 is 15.4 Å². The van der Waals surface area contributed by atoms with E-state index in [4.69, 9.17) is 9.47 Å². The molecule has 1 saturated heterocycles. The maximum Gasteiger partial charge on any atom is 0.251 e. The fraction of sp³-hybridized carbons (Fsp3) is 0.550. The van der Waals surface area contributed by atoms with Crippen LogP contribution in [0.25, 0.3) is 0 Å². The van der Waals surface area contributed by atoms with Gasteiger partial charge in [-0.25, -0.2) is 0 Å². The van der Waals surface area contributed by atoms with Crippen molar-refractivity contribution in [3.05, 3.63) is 41.5 Å². The molecule has 0 spiro atoms. The van der Waals surface area contributed by atoms with Crippen molar-refractivity contribution >= 4 is 5.91 Å². The van der Waals surface area contributed by atoms with E-state index >= 15 is 0 Å². The molecular formula is C20H29N5O3. The van der Waals surface area contributed by atoms with Gasteiger partial charge in [-0.15, -0.1) is 10.2 Å². The molecule has 1 aliphatic rings. The number of carbonyl (C=O) groups is 1. The van der Waals surface area contributed by atoms with Gasteiger partial charge in [-0.1, -0.05) is 0 Å². The summed E-state index contributed by atoms with van der Waals surface area (Å²) >= 11 is 0. The van der Waals surface area contributed by atoms with E-state index in [-0.39, 0.29) is 5.91 Å². The predicted octanol–water partition coefficient (Wildman–Crippen LogP) is 1.06. The van der Waals surface area contributed by atoms with Crippen LogP contribution in [0.3, 0.4) is 0 Å². The average molecular weight is 387 g/mol. The lowest BCUT2D eigenvalue weighted by atomic mass is 9.96. The van der Waals surface area contributed by atoms with Gasteiger partial charge in [0.05, 0.1) is 13.7 Å². The summed E-state index contributed by atoms with van der Waals surface area (Å²) in [6.45, 7) is 3.87. The first kappa shape index (κ1) is 20.3. The molecular weight excluding hydrogens is 358 g/mol. The highest BCUT2D eigenvalue weighted by Crippen LogP contribution is 2.25. The average Bonchev–Trinajstić information content (AvgIpc) is 3.38. The Morgan fingerprint density at radius 3 is 3.04 bits per heavy atom. The van der Waals surface area contributed by atoms with Crippen LogP contribution in [0, 0.1) is 5.92 Å². The second-order valence-electron chi connectivity index (χ2n) is 7.03. The summed E-state index contributed by atoms with van der Waals surface area (Å²) in [5.74, 6) is 2.18. The largest absolute Gasteiger partial charge is 0.496 e.